The monoisotopic (exact) mass is 343 g/mol. The molecule has 1 nitrogen and oxygen atoms in total. The largest absolute Gasteiger partial charge is 0.392 e. The Bertz CT molecular complexity index is 573. The SMILES string of the molecule is C=CC(C/C=C/CCCC(C)c1ccc(F)c(C)c1)CCC(=C)NC. The van der Waals surface area contributed by atoms with Gasteiger partial charge in [0, 0.05) is 12.7 Å². The van der Waals surface area contributed by atoms with Gasteiger partial charge in [0.2, 0.25) is 0 Å². The molecule has 1 N–H and O–H groups in total. The van der Waals surface area contributed by atoms with Gasteiger partial charge in [-0.1, -0.05) is 43.9 Å². The predicted octanol–water partition coefficient (Wildman–Crippen LogP) is 6.67. The Balaban J connectivity index is 2.27. The van der Waals surface area contributed by atoms with E-state index in [0.717, 1.165) is 49.8 Å². The molecule has 2 heteroatoms. The summed E-state index contributed by atoms with van der Waals surface area (Å²) in [5.74, 6) is 0.873. The molecule has 1 aromatic rings. The van der Waals surface area contributed by atoms with Gasteiger partial charge in [-0.2, -0.15) is 0 Å². The van der Waals surface area contributed by atoms with E-state index in [0.29, 0.717) is 11.8 Å². The highest BCUT2D eigenvalue weighted by Crippen LogP contribution is 2.23. The predicted molar refractivity (Wildman–Crippen MR) is 108 cm³/mol. The quantitative estimate of drug-likeness (QED) is 0.330. The van der Waals surface area contributed by atoms with Crippen LogP contribution in [0.15, 0.2) is 55.3 Å². The van der Waals surface area contributed by atoms with Gasteiger partial charge >= 0.3 is 0 Å². The Morgan fingerprint density at radius 2 is 2.04 bits per heavy atom. The van der Waals surface area contributed by atoms with Crippen LogP contribution in [-0.4, -0.2) is 7.05 Å². The average Bonchev–Trinajstić information content (AvgIpc) is 2.62. The van der Waals surface area contributed by atoms with Crippen LogP contribution in [0.25, 0.3) is 0 Å². The van der Waals surface area contributed by atoms with Crippen molar-refractivity contribution in [1.82, 2.24) is 5.32 Å². The summed E-state index contributed by atoms with van der Waals surface area (Å²) < 4.78 is 13.3. The van der Waals surface area contributed by atoms with Gasteiger partial charge in [-0.3, -0.25) is 0 Å². The van der Waals surface area contributed by atoms with Crippen LogP contribution >= 0.6 is 0 Å². The van der Waals surface area contributed by atoms with Crippen molar-refractivity contribution in [2.75, 3.05) is 7.05 Å². The van der Waals surface area contributed by atoms with Crippen molar-refractivity contribution in [2.45, 2.75) is 58.3 Å². The zero-order valence-corrected chi connectivity index (χ0v) is 16.2. The zero-order chi connectivity index (χ0) is 18.7. The van der Waals surface area contributed by atoms with Crippen molar-refractivity contribution < 1.29 is 4.39 Å². The minimum atomic E-state index is -0.117. The molecule has 0 fully saturated rings. The van der Waals surface area contributed by atoms with Gasteiger partial charge in [-0.25, -0.2) is 4.39 Å². The highest BCUT2D eigenvalue weighted by Gasteiger charge is 2.07. The number of nitrogens with one attached hydrogen (secondary N) is 1. The molecule has 0 aromatic heterocycles. The van der Waals surface area contributed by atoms with Gasteiger partial charge in [0.1, 0.15) is 5.82 Å². The number of unbranched alkanes of at least 4 members (excludes halogenated alkanes) is 1. The van der Waals surface area contributed by atoms with Gasteiger partial charge in [0.05, 0.1) is 0 Å². The molecule has 0 aliphatic rings. The number of aryl methyl sites for hydroxylation is 1. The molecule has 0 amide bonds. The molecule has 1 rings (SSSR count). The second-order valence-corrected chi connectivity index (χ2v) is 6.94. The summed E-state index contributed by atoms with van der Waals surface area (Å²) in [7, 11) is 1.92. The van der Waals surface area contributed by atoms with Crippen LogP contribution in [0, 0.1) is 18.7 Å². The molecule has 0 bridgehead atoms. The number of rotatable bonds is 12. The summed E-state index contributed by atoms with van der Waals surface area (Å²) in [5.41, 5.74) is 3.06. The number of hydrogen-bond donors (Lipinski definition) is 1. The molecule has 0 heterocycles. The first-order valence-corrected chi connectivity index (χ1v) is 9.37. The molecule has 138 valence electrons. The van der Waals surface area contributed by atoms with Crippen molar-refractivity contribution in [3.05, 3.63) is 72.2 Å². The van der Waals surface area contributed by atoms with Gasteiger partial charge in [-0.05, 0) is 74.5 Å². The third kappa shape index (κ3) is 8.20. The van der Waals surface area contributed by atoms with Crippen molar-refractivity contribution in [2.24, 2.45) is 5.92 Å². The van der Waals surface area contributed by atoms with E-state index in [4.69, 9.17) is 0 Å². The highest BCUT2D eigenvalue weighted by molar-refractivity contribution is 5.26. The van der Waals surface area contributed by atoms with Gasteiger partial charge in [-0.15, -0.1) is 6.58 Å². The van der Waals surface area contributed by atoms with Gasteiger partial charge in [0.15, 0.2) is 0 Å². The van der Waals surface area contributed by atoms with Crippen LogP contribution in [0.3, 0.4) is 0 Å². The molecule has 0 aliphatic carbocycles. The molecular weight excluding hydrogens is 309 g/mol. The van der Waals surface area contributed by atoms with Gasteiger partial charge in [0.25, 0.3) is 0 Å². The van der Waals surface area contributed by atoms with Crippen molar-refractivity contribution in [1.29, 1.82) is 0 Å². The van der Waals surface area contributed by atoms with E-state index in [1.165, 1.54) is 5.56 Å². The van der Waals surface area contributed by atoms with Crippen LogP contribution in [0.4, 0.5) is 4.39 Å². The van der Waals surface area contributed by atoms with Crippen LogP contribution in [0.1, 0.15) is 62.5 Å². The van der Waals surface area contributed by atoms with Crippen molar-refractivity contribution in [3.63, 3.8) is 0 Å². The van der Waals surface area contributed by atoms with E-state index in [1.54, 1.807) is 6.07 Å². The minimum Gasteiger partial charge on any atom is -0.392 e. The van der Waals surface area contributed by atoms with Gasteiger partial charge < -0.3 is 5.32 Å². The third-order valence-electron chi connectivity index (χ3n) is 4.87. The van der Waals surface area contributed by atoms with E-state index < -0.39 is 0 Å². The fourth-order valence-corrected chi connectivity index (χ4v) is 2.89. The lowest BCUT2D eigenvalue weighted by Crippen LogP contribution is -2.06. The Morgan fingerprint density at radius 1 is 1.28 bits per heavy atom. The van der Waals surface area contributed by atoms with E-state index in [9.17, 15) is 4.39 Å². The standard InChI is InChI=1S/C23H34FN/c1-6-21(14-13-20(4)25-5)12-10-8-7-9-11-18(2)22-15-16-23(24)19(3)17-22/h6,8,10,15-18,21,25H,1,4,7,9,11-14H2,2-3,5H3/b10-8+. The third-order valence-corrected chi connectivity index (χ3v) is 4.87. The van der Waals surface area contributed by atoms with Crippen molar-refractivity contribution >= 4 is 0 Å². The highest BCUT2D eigenvalue weighted by atomic mass is 19.1. The summed E-state index contributed by atoms with van der Waals surface area (Å²) in [6.45, 7) is 12.0. The maximum atomic E-state index is 13.3. The number of benzene rings is 1. The van der Waals surface area contributed by atoms with E-state index in [2.05, 4.69) is 37.6 Å². The molecule has 0 radical (unpaired) electrons. The first-order valence-electron chi connectivity index (χ1n) is 9.37. The maximum absolute atomic E-state index is 13.3. The smallest absolute Gasteiger partial charge is 0.126 e. The van der Waals surface area contributed by atoms with Crippen molar-refractivity contribution in [3.8, 4) is 0 Å². The lowest BCUT2D eigenvalue weighted by atomic mass is 9.94. The Kier molecular flexibility index (Phi) is 9.91. The molecule has 2 atom stereocenters. The lowest BCUT2D eigenvalue weighted by molar-refractivity contribution is 0.585. The number of halogens is 1. The summed E-state index contributed by atoms with van der Waals surface area (Å²) in [6.07, 6.45) is 13.1. The summed E-state index contributed by atoms with van der Waals surface area (Å²) in [4.78, 5) is 0. The summed E-state index contributed by atoms with van der Waals surface area (Å²) in [5, 5.41) is 3.09. The maximum Gasteiger partial charge on any atom is 0.126 e. The molecular formula is C23H34FN. The first-order chi connectivity index (χ1) is 12.0. The van der Waals surface area contributed by atoms with Crippen LogP contribution in [-0.2, 0) is 0 Å². The molecule has 1 aromatic carbocycles. The molecule has 0 spiro atoms. The average molecular weight is 344 g/mol. The van der Waals surface area contributed by atoms with E-state index in [-0.39, 0.29) is 5.82 Å². The second kappa shape index (κ2) is 11.7. The first kappa shape index (κ1) is 21.2. The normalized spacial score (nSPS) is 13.6. The Hall–Kier alpha value is -1.83. The summed E-state index contributed by atoms with van der Waals surface area (Å²) >= 11 is 0. The Morgan fingerprint density at radius 3 is 2.68 bits per heavy atom. The molecule has 0 saturated heterocycles. The summed E-state index contributed by atoms with van der Waals surface area (Å²) in [6, 6.07) is 5.47. The fraction of sp³-hybridized carbons (Fsp3) is 0.478. The number of hydrogen-bond acceptors (Lipinski definition) is 1. The molecule has 0 aliphatic heterocycles. The van der Waals surface area contributed by atoms with Crippen LogP contribution in [0.2, 0.25) is 0 Å². The fourth-order valence-electron chi connectivity index (χ4n) is 2.89. The van der Waals surface area contributed by atoms with Crippen LogP contribution in [0.5, 0.6) is 0 Å². The molecule has 2 unspecified atom stereocenters. The van der Waals surface area contributed by atoms with Crippen LogP contribution < -0.4 is 5.32 Å². The molecule has 25 heavy (non-hydrogen) atoms. The second-order valence-electron chi connectivity index (χ2n) is 6.94. The number of allylic oxidation sites excluding steroid dienone is 4. The van der Waals surface area contributed by atoms with E-state index in [1.807, 2.05) is 32.2 Å². The topological polar surface area (TPSA) is 12.0 Å². The lowest BCUT2D eigenvalue weighted by Gasteiger charge is -2.12. The zero-order valence-electron chi connectivity index (χ0n) is 16.2. The molecule has 0 saturated carbocycles. The minimum absolute atomic E-state index is 0.117. The Labute approximate surface area is 153 Å². The van der Waals surface area contributed by atoms with E-state index >= 15 is 0 Å².